The largest absolute Gasteiger partial charge is 0.447 e. The molecule has 30 heavy (non-hydrogen) atoms. The maximum atomic E-state index is 13.0. The van der Waals surface area contributed by atoms with Gasteiger partial charge in [-0.25, -0.2) is 8.42 Å². The molecule has 1 aliphatic heterocycles. The summed E-state index contributed by atoms with van der Waals surface area (Å²) in [5.41, 5.74) is 1.54. The molecule has 0 bridgehead atoms. The van der Waals surface area contributed by atoms with Crippen LogP contribution in [-0.2, 0) is 24.2 Å². The molecule has 1 fully saturated rings. The van der Waals surface area contributed by atoms with Gasteiger partial charge < -0.3 is 9.64 Å². The molecule has 0 aromatic heterocycles. The van der Waals surface area contributed by atoms with Crippen LogP contribution in [0.25, 0.3) is 0 Å². The number of hydrogen-bond acceptors (Lipinski definition) is 5. The summed E-state index contributed by atoms with van der Waals surface area (Å²) in [6, 6.07) is 15.4. The molecule has 160 valence electrons. The predicted molar refractivity (Wildman–Crippen MR) is 114 cm³/mol. The zero-order chi connectivity index (χ0) is 21.6. The molecular weight excluding hydrogens is 402 g/mol. The molecule has 1 atom stereocenters. The number of aryl methyl sites for hydroxylation is 1. The number of ether oxygens (including phenoxy) is 1. The normalized spacial score (nSPS) is 15.4. The molecule has 6 nitrogen and oxygen atoms in total. The Morgan fingerprint density at radius 2 is 1.60 bits per heavy atom. The zero-order valence-corrected chi connectivity index (χ0v) is 17.9. The zero-order valence-electron chi connectivity index (χ0n) is 17.1. The van der Waals surface area contributed by atoms with Gasteiger partial charge in [-0.15, -0.1) is 0 Å². The first kappa shape index (κ1) is 22.0. The van der Waals surface area contributed by atoms with Crippen LogP contribution in [0.2, 0.25) is 0 Å². The summed E-state index contributed by atoms with van der Waals surface area (Å²) in [5, 5.41) is 0. The van der Waals surface area contributed by atoms with Crippen molar-refractivity contribution in [2.24, 2.45) is 0 Å². The molecule has 2 aromatic carbocycles. The summed E-state index contributed by atoms with van der Waals surface area (Å²) >= 11 is 0. The van der Waals surface area contributed by atoms with Crippen molar-refractivity contribution < 1.29 is 22.7 Å². The van der Waals surface area contributed by atoms with Gasteiger partial charge in [0.15, 0.2) is 9.84 Å². The number of sulfone groups is 1. The van der Waals surface area contributed by atoms with Gasteiger partial charge in [0.2, 0.25) is 6.10 Å². The molecule has 1 unspecified atom stereocenters. The van der Waals surface area contributed by atoms with Crippen molar-refractivity contribution >= 4 is 21.7 Å². The maximum Gasteiger partial charge on any atom is 0.307 e. The van der Waals surface area contributed by atoms with E-state index >= 15 is 0 Å². The topological polar surface area (TPSA) is 80.7 Å². The van der Waals surface area contributed by atoms with Crippen LogP contribution >= 0.6 is 0 Å². The fourth-order valence-corrected chi connectivity index (χ4v) is 4.66. The lowest BCUT2D eigenvalue weighted by molar-refractivity contribution is -0.161. The number of nitrogens with zero attached hydrogens (tertiary/aromatic N) is 1. The smallest absolute Gasteiger partial charge is 0.307 e. The van der Waals surface area contributed by atoms with Crippen LogP contribution in [-0.4, -0.2) is 44.0 Å². The quantitative estimate of drug-likeness (QED) is 0.630. The molecule has 1 aliphatic rings. The van der Waals surface area contributed by atoms with Crippen molar-refractivity contribution in [3.05, 3.63) is 65.7 Å². The number of benzene rings is 2. The van der Waals surface area contributed by atoms with Crippen LogP contribution in [0.5, 0.6) is 0 Å². The third-order valence-electron chi connectivity index (χ3n) is 5.20. The van der Waals surface area contributed by atoms with Gasteiger partial charge in [0.25, 0.3) is 5.91 Å². The first-order valence-corrected chi connectivity index (χ1v) is 11.8. The van der Waals surface area contributed by atoms with Gasteiger partial charge in [-0.05, 0) is 38.3 Å². The third-order valence-corrected chi connectivity index (χ3v) is 6.93. The van der Waals surface area contributed by atoms with Gasteiger partial charge in [-0.3, -0.25) is 9.59 Å². The summed E-state index contributed by atoms with van der Waals surface area (Å²) in [4.78, 5) is 27.4. The number of piperidine rings is 1. The minimum atomic E-state index is -3.61. The highest BCUT2D eigenvalue weighted by molar-refractivity contribution is 7.91. The highest BCUT2D eigenvalue weighted by Gasteiger charge is 2.30. The second-order valence-corrected chi connectivity index (χ2v) is 9.66. The fourth-order valence-electron chi connectivity index (χ4n) is 3.44. The van der Waals surface area contributed by atoms with Crippen LogP contribution in [0.1, 0.15) is 42.9 Å². The van der Waals surface area contributed by atoms with Gasteiger partial charge in [-0.1, -0.05) is 48.0 Å². The maximum absolute atomic E-state index is 13.0. The van der Waals surface area contributed by atoms with Gasteiger partial charge in [-0.2, -0.15) is 0 Å². The van der Waals surface area contributed by atoms with Crippen molar-refractivity contribution in [2.45, 2.75) is 43.6 Å². The van der Waals surface area contributed by atoms with Crippen molar-refractivity contribution in [2.75, 3.05) is 18.8 Å². The van der Waals surface area contributed by atoms with E-state index in [0.29, 0.717) is 18.7 Å². The van der Waals surface area contributed by atoms with Crippen LogP contribution < -0.4 is 0 Å². The lowest BCUT2D eigenvalue weighted by atomic mass is 10.1. The molecule has 1 heterocycles. The van der Waals surface area contributed by atoms with E-state index in [1.54, 1.807) is 41.3 Å². The molecular formula is C23H27NO5S. The van der Waals surface area contributed by atoms with Crippen LogP contribution in [0.15, 0.2) is 59.5 Å². The predicted octanol–water partition coefficient (Wildman–Crippen LogP) is 3.46. The summed E-state index contributed by atoms with van der Waals surface area (Å²) in [6.07, 6.45) is 1.56. The third kappa shape index (κ3) is 5.69. The Kier molecular flexibility index (Phi) is 7.26. The molecule has 3 rings (SSSR count). The molecule has 0 N–H and O–H groups in total. The number of carbonyl (C=O) groups is 2. The van der Waals surface area contributed by atoms with E-state index in [4.69, 9.17) is 4.74 Å². The Bertz CT molecular complexity index is 964. The first-order valence-electron chi connectivity index (χ1n) is 10.2. The lowest BCUT2D eigenvalue weighted by Crippen LogP contribution is -2.40. The van der Waals surface area contributed by atoms with E-state index < -0.39 is 21.9 Å². The number of esters is 1. The van der Waals surface area contributed by atoms with E-state index in [-0.39, 0.29) is 23.0 Å². The van der Waals surface area contributed by atoms with E-state index in [0.717, 1.165) is 24.8 Å². The number of amides is 1. The minimum absolute atomic E-state index is 0.171. The van der Waals surface area contributed by atoms with Crippen molar-refractivity contribution in [3.63, 3.8) is 0 Å². The standard InChI is InChI=1S/C23H27NO5S/c1-18-10-12-20(13-11-18)30(27,28)17-14-21(25)29-22(19-8-4-2-5-9-19)23(26)24-15-6-3-7-16-24/h2,4-5,8-13,22H,3,6-7,14-17H2,1H3. The van der Waals surface area contributed by atoms with Gasteiger partial charge >= 0.3 is 5.97 Å². The van der Waals surface area contributed by atoms with E-state index in [9.17, 15) is 18.0 Å². The second-order valence-electron chi connectivity index (χ2n) is 7.55. The number of hydrogen-bond donors (Lipinski definition) is 0. The monoisotopic (exact) mass is 429 g/mol. The lowest BCUT2D eigenvalue weighted by Gasteiger charge is -2.30. The first-order chi connectivity index (χ1) is 14.4. The van der Waals surface area contributed by atoms with Gasteiger partial charge in [0.1, 0.15) is 0 Å². The highest BCUT2D eigenvalue weighted by Crippen LogP contribution is 2.23. The summed E-state index contributed by atoms with van der Waals surface area (Å²) < 4.78 is 30.5. The van der Waals surface area contributed by atoms with E-state index in [2.05, 4.69) is 0 Å². The number of likely N-dealkylation sites (tertiary alicyclic amines) is 1. The SMILES string of the molecule is Cc1ccc(S(=O)(=O)CCC(=O)OC(C(=O)N2CCCCC2)c2ccccc2)cc1. The Balaban J connectivity index is 1.68. The Morgan fingerprint density at radius 1 is 0.967 bits per heavy atom. The molecule has 2 aromatic rings. The molecule has 1 amide bonds. The average molecular weight is 430 g/mol. The van der Waals surface area contributed by atoms with Crippen LogP contribution in [0.4, 0.5) is 0 Å². The van der Waals surface area contributed by atoms with Crippen molar-refractivity contribution in [1.29, 1.82) is 0 Å². The van der Waals surface area contributed by atoms with Crippen LogP contribution in [0, 0.1) is 6.92 Å². The molecule has 0 saturated carbocycles. The fraction of sp³-hybridized carbons (Fsp3) is 0.391. The summed E-state index contributed by atoms with van der Waals surface area (Å²) in [5.74, 6) is -1.32. The van der Waals surface area contributed by atoms with Crippen molar-refractivity contribution in [1.82, 2.24) is 4.90 Å². The van der Waals surface area contributed by atoms with Gasteiger partial charge in [0, 0.05) is 18.7 Å². The summed E-state index contributed by atoms with van der Waals surface area (Å²) in [6.45, 7) is 3.15. The number of rotatable bonds is 7. The van der Waals surface area contributed by atoms with E-state index in [1.807, 2.05) is 13.0 Å². The molecule has 0 aliphatic carbocycles. The van der Waals surface area contributed by atoms with Gasteiger partial charge in [0.05, 0.1) is 17.1 Å². The highest BCUT2D eigenvalue weighted by atomic mass is 32.2. The Labute approximate surface area is 177 Å². The second kappa shape index (κ2) is 9.89. The van der Waals surface area contributed by atoms with Crippen molar-refractivity contribution in [3.8, 4) is 0 Å². The molecule has 0 radical (unpaired) electrons. The molecule has 1 saturated heterocycles. The molecule has 0 spiro atoms. The minimum Gasteiger partial charge on any atom is -0.447 e. The Morgan fingerprint density at radius 3 is 2.23 bits per heavy atom. The number of carbonyl (C=O) groups excluding carboxylic acids is 2. The molecule has 7 heteroatoms. The summed E-state index contributed by atoms with van der Waals surface area (Å²) in [7, 11) is -3.61. The van der Waals surface area contributed by atoms with Crippen LogP contribution in [0.3, 0.4) is 0 Å². The Hall–Kier alpha value is -2.67. The van der Waals surface area contributed by atoms with E-state index in [1.165, 1.54) is 12.1 Å². The average Bonchev–Trinajstić information content (AvgIpc) is 2.77.